The summed E-state index contributed by atoms with van der Waals surface area (Å²) in [5.74, 6) is -0.731. The fraction of sp³-hybridized carbons (Fsp3) is 0.450. The molecule has 0 atom stereocenters. The van der Waals surface area contributed by atoms with E-state index in [-0.39, 0.29) is 43.6 Å². The van der Waals surface area contributed by atoms with E-state index < -0.39 is 0 Å². The predicted octanol–water partition coefficient (Wildman–Crippen LogP) is 2.31. The van der Waals surface area contributed by atoms with Gasteiger partial charge < -0.3 is 20.3 Å². The monoisotopic (exact) mass is 397 g/mol. The average molecular weight is 397 g/mol. The Kier molecular flexibility index (Phi) is 8.61. The first-order chi connectivity index (χ1) is 14.0. The van der Waals surface area contributed by atoms with Crippen LogP contribution in [0.2, 0.25) is 0 Å². The zero-order valence-corrected chi connectivity index (χ0v) is 16.1. The lowest BCUT2D eigenvalue weighted by Gasteiger charge is -2.29. The van der Waals surface area contributed by atoms with Crippen molar-refractivity contribution < 1.29 is 19.1 Å². The lowest BCUT2D eigenvalue weighted by atomic mass is 10.1. The maximum atomic E-state index is 12.2. The Hall–Kier alpha value is -3.43. The van der Waals surface area contributed by atoms with Crippen molar-refractivity contribution in [1.29, 1.82) is 10.5 Å². The molecule has 29 heavy (non-hydrogen) atoms. The number of nitriles is 2. The number of morpholine rings is 1. The fourth-order valence-corrected chi connectivity index (χ4v) is 2.81. The number of carbonyl (C=O) groups excluding carboxylic acids is 3. The Morgan fingerprint density at radius 2 is 1.72 bits per heavy atom. The summed E-state index contributed by atoms with van der Waals surface area (Å²) in [6.45, 7) is 0.710. The first kappa shape index (κ1) is 21.9. The highest BCUT2D eigenvalue weighted by Crippen LogP contribution is 2.31. The first-order valence-electron chi connectivity index (χ1n) is 9.41. The Morgan fingerprint density at radius 3 is 2.34 bits per heavy atom. The smallest absolute Gasteiger partial charge is 0.253 e. The Bertz CT molecular complexity index is 840. The largest absolute Gasteiger partial charge is 0.370 e. The minimum absolute atomic E-state index is 0.0348. The van der Waals surface area contributed by atoms with Crippen LogP contribution in [-0.2, 0) is 19.1 Å². The van der Waals surface area contributed by atoms with Gasteiger partial charge in [0.15, 0.2) is 0 Å². The summed E-state index contributed by atoms with van der Waals surface area (Å²) in [7, 11) is 0. The molecule has 0 aromatic heterocycles. The molecule has 0 aliphatic carbocycles. The topological polar surface area (TPSA) is 135 Å². The number of nitrogens with one attached hydrogen (secondary N) is 2. The maximum absolute atomic E-state index is 12.2. The third kappa shape index (κ3) is 6.91. The van der Waals surface area contributed by atoms with Gasteiger partial charge in [-0.15, -0.1) is 0 Å². The Balaban J connectivity index is 2.18. The summed E-state index contributed by atoms with van der Waals surface area (Å²) in [4.78, 5) is 38.0. The van der Waals surface area contributed by atoms with Crippen molar-refractivity contribution in [3.63, 3.8) is 0 Å². The van der Waals surface area contributed by atoms with Gasteiger partial charge in [0, 0.05) is 37.9 Å². The number of rotatable bonds is 9. The van der Waals surface area contributed by atoms with Crippen LogP contribution in [0.3, 0.4) is 0 Å². The van der Waals surface area contributed by atoms with Crippen molar-refractivity contribution in [1.82, 2.24) is 0 Å². The maximum Gasteiger partial charge on any atom is 0.253 e. The van der Waals surface area contributed by atoms with E-state index in [1.807, 2.05) is 12.1 Å². The van der Waals surface area contributed by atoms with Crippen LogP contribution in [0.4, 0.5) is 17.1 Å². The quantitative estimate of drug-likeness (QED) is 0.614. The molecule has 0 bridgehead atoms. The molecule has 0 radical (unpaired) electrons. The molecule has 1 saturated heterocycles. The third-order valence-corrected chi connectivity index (χ3v) is 4.22. The van der Waals surface area contributed by atoms with Crippen LogP contribution in [0.5, 0.6) is 0 Å². The van der Waals surface area contributed by atoms with Gasteiger partial charge in [0.05, 0.1) is 30.1 Å². The molecule has 2 rings (SSSR count). The van der Waals surface area contributed by atoms with Gasteiger partial charge >= 0.3 is 0 Å². The van der Waals surface area contributed by atoms with Crippen molar-refractivity contribution in [3.05, 3.63) is 18.2 Å². The van der Waals surface area contributed by atoms with E-state index in [0.717, 1.165) is 0 Å². The molecule has 3 amide bonds. The molecular weight excluding hydrogens is 374 g/mol. The van der Waals surface area contributed by atoms with Gasteiger partial charge in [-0.1, -0.05) is 0 Å². The molecule has 0 unspecified atom stereocenters. The van der Waals surface area contributed by atoms with Gasteiger partial charge in [-0.25, -0.2) is 0 Å². The normalized spacial score (nSPS) is 13.3. The van der Waals surface area contributed by atoms with Crippen molar-refractivity contribution in [3.8, 4) is 12.1 Å². The molecule has 9 nitrogen and oxygen atoms in total. The van der Waals surface area contributed by atoms with E-state index in [0.29, 0.717) is 49.5 Å². The lowest BCUT2D eigenvalue weighted by Crippen LogP contribution is -2.42. The van der Waals surface area contributed by atoms with Gasteiger partial charge in [0.2, 0.25) is 11.8 Å². The van der Waals surface area contributed by atoms with Crippen molar-refractivity contribution in [2.24, 2.45) is 0 Å². The molecular formula is C20H23N5O4. The molecule has 1 aromatic rings. The number of unbranched alkanes of at least 4 members (excludes halogenated alkanes) is 2. The number of benzene rings is 1. The minimum Gasteiger partial charge on any atom is -0.370 e. The van der Waals surface area contributed by atoms with E-state index in [1.54, 1.807) is 18.2 Å². The van der Waals surface area contributed by atoms with E-state index in [9.17, 15) is 14.4 Å². The number of hydrogen-bond acceptors (Lipinski definition) is 6. The Labute approximate surface area is 169 Å². The molecule has 152 valence electrons. The van der Waals surface area contributed by atoms with E-state index in [2.05, 4.69) is 10.6 Å². The highest BCUT2D eigenvalue weighted by atomic mass is 16.5. The number of hydrogen-bond donors (Lipinski definition) is 2. The van der Waals surface area contributed by atoms with E-state index in [1.165, 1.54) is 4.90 Å². The number of carbonyl (C=O) groups is 3. The Morgan fingerprint density at radius 1 is 1.07 bits per heavy atom. The average Bonchev–Trinajstić information content (AvgIpc) is 2.69. The summed E-state index contributed by atoms with van der Waals surface area (Å²) in [5, 5.41) is 22.7. The number of anilines is 3. The number of nitrogens with zero attached hydrogens (tertiary/aromatic N) is 3. The van der Waals surface area contributed by atoms with Gasteiger partial charge in [-0.2, -0.15) is 10.5 Å². The minimum atomic E-state index is -0.278. The molecule has 1 heterocycles. The molecule has 1 aliphatic heterocycles. The second-order valence-corrected chi connectivity index (χ2v) is 6.45. The highest BCUT2D eigenvalue weighted by molar-refractivity contribution is 6.03. The summed E-state index contributed by atoms with van der Waals surface area (Å²) < 4.78 is 5.15. The van der Waals surface area contributed by atoms with Crippen LogP contribution in [0.25, 0.3) is 0 Å². The summed E-state index contributed by atoms with van der Waals surface area (Å²) in [5.41, 5.74) is 1.40. The van der Waals surface area contributed by atoms with Crippen LogP contribution in [-0.4, -0.2) is 37.5 Å². The van der Waals surface area contributed by atoms with Gasteiger partial charge in [0.25, 0.3) is 5.91 Å². The standard InChI is InChI=1S/C20H23N5O4/c21-9-3-1-5-18(26)23-15-7-8-17(25-11-12-29-14-20(25)28)16(13-15)24-19(27)6-2-4-10-22/h7-8,13H,1-6,11-12,14H2,(H,23,26)(H,24,27). The fourth-order valence-electron chi connectivity index (χ4n) is 2.81. The molecule has 1 aliphatic rings. The molecule has 2 N–H and O–H groups in total. The van der Waals surface area contributed by atoms with Gasteiger partial charge in [0.1, 0.15) is 6.61 Å². The van der Waals surface area contributed by atoms with Gasteiger partial charge in [-0.3, -0.25) is 14.4 Å². The van der Waals surface area contributed by atoms with E-state index >= 15 is 0 Å². The SMILES string of the molecule is N#CCCCC(=O)Nc1ccc(N2CCOCC2=O)c(NC(=O)CCCC#N)c1. The van der Waals surface area contributed by atoms with Gasteiger partial charge in [-0.05, 0) is 31.0 Å². The molecule has 0 saturated carbocycles. The second-order valence-electron chi connectivity index (χ2n) is 6.45. The third-order valence-electron chi connectivity index (χ3n) is 4.22. The molecule has 1 fully saturated rings. The van der Waals surface area contributed by atoms with Crippen LogP contribution in [0.1, 0.15) is 38.5 Å². The highest BCUT2D eigenvalue weighted by Gasteiger charge is 2.23. The van der Waals surface area contributed by atoms with Crippen molar-refractivity contribution in [2.75, 3.05) is 35.3 Å². The van der Waals surface area contributed by atoms with Crippen LogP contribution in [0, 0.1) is 22.7 Å². The number of ether oxygens (including phenoxy) is 1. The summed E-state index contributed by atoms with van der Waals surface area (Å²) in [6, 6.07) is 8.91. The van der Waals surface area contributed by atoms with Crippen LogP contribution < -0.4 is 15.5 Å². The second kappa shape index (κ2) is 11.4. The zero-order valence-electron chi connectivity index (χ0n) is 16.1. The van der Waals surface area contributed by atoms with Crippen LogP contribution in [0.15, 0.2) is 18.2 Å². The molecule has 0 spiro atoms. The van der Waals surface area contributed by atoms with Crippen molar-refractivity contribution >= 4 is 34.8 Å². The molecule has 9 heteroatoms. The summed E-state index contributed by atoms with van der Waals surface area (Å²) in [6.07, 6.45) is 1.87. The zero-order chi connectivity index (χ0) is 21.1. The molecule has 1 aromatic carbocycles. The van der Waals surface area contributed by atoms with Crippen LogP contribution >= 0.6 is 0 Å². The van der Waals surface area contributed by atoms with E-state index in [4.69, 9.17) is 15.3 Å². The predicted molar refractivity (Wildman–Crippen MR) is 106 cm³/mol. The summed E-state index contributed by atoms with van der Waals surface area (Å²) >= 11 is 0. The first-order valence-corrected chi connectivity index (χ1v) is 9.41. The lowest BCUT2D eigenvalue weighted by molar-refractivity contribution is -0.125. The van der Waals surface area contributed by atoms with Crippen molar-refractivity contribution in [2.45, 2.75) is 38.5 Å². The number of amides is 3.